The van der Waals surface area contributed by atoms with Gasteiger partial charge in [0.15, 0.2) is 5.58 Å². The molecule has 4 heterocycles. The van der Waals surface area contributed by atoms with E-state index in [2.05, 4.69) is 148 Å². The fraction of sp³-hybridized carbons (Fsp3) is 0. The third-order valence-electron chi connectivity index (χ3n) is 9.14. The smallest absolute Gasteiger partial charge is 0.153 e. The topological polar surface area (TPSA) is 35.9 Å². The van der Waals surface area contributed by atoms with Crippen LogP contribution in [0, 0.1) is 0 Å². The molecule has 0 radical (unpaired) electrons. The molecule has 0 aliphatic carbocycles. The number of hydrogen-bond acceptors (Lipinski definition) is 2. The van der Waals surface area contributed by atoms with Crippen molar-refractivity contribution in [1.29, 1.82) is 0 Å². The van der Waals surface area contributed by atoms with Gasteiger partial charge in [0.25, 0.3) is 0 Å². The lowest BCUT2D eigenvalue weighted by atomic mass is 10.0. The highest BCUT2D eigenvalue weighted by atomic mass is 16.3. The van der Waals surface area contributed by atoms with Crippen LogP contribution in [0.4, 0.5) is 0 Å². The highest BCUT2D eigenvalue weighted by Gasteiger charge is 2.18. The summed E-state index contributed by atoms with van der Waals surface area (Å²) < 4.78 is 10.9. The molecule has 0 saturated carbocycles. The standard InChI is InChI=1S/C41H25N3O/c1-5-14-35-30(10-1)31-11-2-6-15-36(31)43(35)28-22-27(26-19-20-39-34(24-26)41-40(45-39)18-9-21-42-41)23-29(25-28)44-37-16-7-3-12-32(37)33-13-4-8-17-38(33)44/h1-25H. The number of para-hydroxylation sites is 4. The molecule has 4 heteroatoms. The minimum absolute atomic E-state index is 0.801. The summed E-state index contributed by atoms with van der Waals surface area (Å²) in [6.45, 7) is 0. The van der Waals surface area contributed by atoms with E-state index in [1.54, 1.807) is 0 Å². The first-order valence-electron chi connectivity index (χ1n) is 15.2. The molecule has 4 nitrogen and oxygen atoms in total. The molecule has 4 aromatic heterocycles. The Morgan fingerprint density at radius 1 is 0.400 bits per heavy atom. The number of rotatable bonds is 3. The van der Waals surface area contributed by atoms with E-state index in [-0.39, 0.29) is 0 Å². The van der Waals surface area contributed by atoms with Gasteiger partial charge in [-0.05, 0) is 77.9 Å². The highest BCUT2D eigenvalue weighted by molar-refractivity contribution is 6.11. The number of nitrogens with zero attached hydrogens (tertiary/aromatic N) is 3. The summed E-state index contributed by atoms with van der Waals surface area (Å²) in [5.41, 5.74) is 11.7. The van der Waals surface area contributed by atoms with Crippen LogP contribution in [0.15, 0.2) is 156 Å². The summed E-state index contributed by atoms with van der Waals surface area (Å²) in [7, 11) is 0. The van der Waals surface area contributed by atoms with Crippen molar-refractivity contribution in [1.82, 2.24) is 14.1 Å². The number of benzene rings is 6. The number of pyridine rings is 1. The monoisotopic (exact) mass is 575 g/mol. The lowest BCUT2D eigenvalue weighted by molar-refractivity contribution is 0.668. The second kappa shape index (κ2) is 9.18. The van der Waals surface area contributed by atoms with Crippen molar-refractivity contribution >= 4 is 65.7 Å². The molecule has 0 saturated heterocycles. The maximum atomic E-state index is 6.13. The molecule has 0 unspecified atom stereocenters. The van der Waals surface area contributed by atoms with Crippen molar-refractivity contribution in [3.8, 4) is 22.5 Å². The van der Waals surface area contributed by atoms with Crippen LogP contribution in [-0.2, 0) is 0 Å². The molecule has 0 bridgehead atoms. The quantitative estimate of drug-likeness (QED) is 0.210. The average molecular weight is 576 g/mol. The zero-order chi connectivity index (χ0) is 29.5. The fourth-order valence-corrected chi connectivity index (χ4v) is 7.20. The third kappa shape index (κ3) is 3.51. The van der Waals surface area contributed by atoms with Crippen LogP contribution >= 0.6 is 0 Å². The van der Waals surface area contributed by atoms with Gasteiger partial charge in [-0.15, -0.1) is 0 Å². The van der Waals surface area contributed by atoms with Crippen molar-refractivity contribution < 1.29 is 4.42 Å². The van der Waals surface area contributed by atoms with Crippen molar-refractivity contribution in [3.63, 3.8) is 0 Å². The minimum Gasteiger partial charge on any atom is -0.454 e. The summed E-state index contributed by atoms with van der Waals surface area (Å²) in [5.74, 6) is 0. The molecule has 0 fully saturated rings. The second-order valence-electron chi connectivity index (χ2n) is 11.6. The molecule has 10 rings (SSSR count). The molecular weight excluding hydrogens is 550 g/mol. The van der Waals surface area contributed by atoms with Crippen LogP contribution in [0.3, 0.4) is 0 Å². The Kier molecular flexibility index (Phi) is 4.96. The van der Waals surface area contributed by atoms with Gasteiger partial charge in [0.05, 0.1) is 22.1 Å². The zero-order valence-electron chi connectivity index (χ0n) is 24.2. The van der Waals surface area contributed by atoms with E-state index in [0.29, 0.717) is 0 Å². The summed E-state index contributed by atoms with van der Waals surface area (Å²) in [6.07, 6.45) is 1.83. The maximum Gasteiger partial charge on any atom is 0.153 e. The molecule has 0 spiro atoms. The SMILES string of the molecule is c1cnc2c(c1)oc1ccc(-c3cc(-n4c5ccccc5c5ccccc54)cc(-n4c5ccccc5c5ccccc54)c3)cc12. The van der Waals surface area contributed by atoms with Crippen molar-refractivity contribution in [3.05, 3.63) is 152 Å². The van der Waals surface area contributed by atoms with Gasteiger partial charge in [0.2, 0.25) is 0 Å². The first-order chi connectivity index (χ1) is 22.3. The van der Waals surface area contributed by atoms with Crippen LogP contribution in [-0.4, -0.2) is 14.1 Å². The van der Waals surface area contributed by atoms with Crippen LogP contribution in [0.25, 0.3) is 88.2 Å². The molecule has 210 valence electrons. The molecule has 0 aliphatic rings. The summed E-state index contributed by atoms with van der Waals surface area (Å²) in [6, 6.07) is 52.0. The Labute approximate surface area is 258 Å². The number of furan rings is 1. The Bertz CT molecular complexity index is 2540. The Morgan fingerprint density at radius 2 is 0.911 bits per heavy atom. The first kappa shape index (κ1) is 24.3. The van der Waals surface area contributed by atoms with Crippen molar-refractivity contribution in [2.45, 2.75) is 0 Å². The van der Waals surface area contributed by atoms with Gasteiger partial charge in [-0.2, -0.15) is 0 Å². The summed E-state index contributed by atoms with van der Waals surface area (Å²) in [4.78, 5) is 4.66. The molecule has 6 aromatic carbocycles. The van der Waals surface area contributed by atoms with E-state index >= 15 is 0 Å². The zero-order valence-corrected chi connectivity index (χ0v) is 24.2. The molecule has 0 aliphatic heterocycles. The van der Waals surface area contributed by atoms with E-state index < -0.39 is 0 Å². The van der Waals surface area contributed by atoms with Crippen LogP contribution in [0.1, 0.15) is 0 Å². The van der Waals surface area contributed by atoms with Crippen molar-refractivity contribution in [2.75, 3.05) is 0 Å². The van der Waals surface area contributed by atoms with Gasteiger partial charge in [0, 0.05) is 44.5 Å². The minimum atomic E-state index is 0.801. The summed E-state index contributed by atoms with van der Waals surface area (Å²) >= 11 is 0. The average Bonchev–Trinajstić information content (AvgIpc) is 3.75. The van der Waals surface area contributed by atoms with Gasteiger partial charge in [-0.25, -0.2) is 0 Å². The first-order valence-corrected chi connectivity index (χ1v) is 15.2. The van der Waals surface area contributed by atoms with Crippen LogP contribution in [0.2, 0.25) is 0 Å². The lowest BCUT2D eigenvalue weighted by Gasteiger charge is -2.16. The number of hydrogen-bond donors (Lipinski definition) is 0. The molecular formula is C41H25N3O. The van der Waals surface area contributed by atoms with E-state index in [9.17, 15) is 0 Å². The van der Waals surface area contributed by atoms with E-state index in [4.69, 9.17) is 4.42 Å². The number of aromatic nitrogens is 3. The van der Waals surface area contributed by atoms with Gasteiger partial charge in [-0.1, -0.05) is 78.9 Å². The van der Waals surface area contributed by atoms with Crippen molar-refractivity contribution in [2.24, 2.45) is 0 Å². The van der Waals surface area contributed by atoms with E-state index in [0.717, 1.165) is 44.6 Å². The molecule has 45 heavy (non-hydrogen) atoms. The van der Waals surface area contributed by atoms with Crippen LogP contribution < -0.4 is 0 Å². The third-order valence-corrected chi connectivity index (χ3v) is 9.14. The fourth-order valence-electron chi connectivity index (χ4n) is 7.20. The predicted octanol–water partition coefficient (Wildman–Crippen LogP) is 10.8. The second-order valence-corrected chi connectivity index (χ2v) is 11.6. The summed E-state index contributed by atoms with van der Waals surface area (Å²) in [5, 5.41) is 6.00. The highest BCUT2D eigenvalue weighted by Crippen LogP contribution is 2.39. The maximum absolute atomic E-state index is 6.13. The molecule has 0 N–H and O–H groups in total. The van der Waals surface area contributed by atoms with Gasteiger partial charge in [0.1, 0.15) is 11.1 Å². The van der Waals surface area contributed by atoms with Crippen LogP contribution in [0.5, 0.6) is 0 Å². The number of fused-ring (bicyclic) bond motifs is 9. The Balaban J connectivity index is 1.32. The largest absolute Gasteiger partial charge is 0.454 e. The van der Waals surface area contributed by atoms with E-state index in [1.807, 2.05) is 18.3 Å². The van der Waals surface area contributed by atoms with E-state index in [1.165, 1.54) is 43.6 Å². The van der Waals surface area contributed by atoms with Gasteiger partial charge < -0.3 is 13.6 Å². The lowest BCUT2D eigenvalue weighted by Crippen LogP contribution is -2.00. The van der Waals surface area contributed by atoms with Gasteiger partial charge >= 0.3 is 0 Å². The Morgan fingerprint density at radius 3 is 1.44 bits per heavy atom. The predicted molar refractivity (Wildman–Crippen MR) is 186 cm³/mol. The molecule has 10 aromatic rings. The molecule has 0 atom stereocenters. The Hall–Kier alpha value is -6.13. The molecule has 0 amide bonds. The van der Waals surface area contributed by atoms with Gasteiger partial charge in [-0.3, -0.25) is 4.98 Å². The normalized spacial score (nSPS) is 12.0.